The highest BCUT2D eigenvalue weighted by Gasteiger charge is 2.32. The van der Waals surface area contributed by atoms with Crippen molar-refractivity contribution in [2.75, 3.05) is 14.2 Å². The zero-order chi connectivity index (χ0) is 13.8. The minimum absolute atomic E-state index is 0.0309. The molecule has 1 N–H and O–H groups in total. The van der Waals surface area contributed by atoms with Crippen LogP contribution in [-0.4, -0.2) is 40.3 Å². The molecule has 2 heterocycles. The molecule has 0 aliphatic carbocycles. The van der Waals surface area contributed by atoms with Crippen LogP contribution in [0.5, 0.6) is 0 Å². The summed E-state index contributed by atoms with van der Waals surface area (Å²) < 4.78 is 16.5. The highest BCUT2D eigenvalue weighted by Crippen LogP contribution is 2.26. The van der Waals surface area contributed by atoms with Crippen LogP contribution in [0.4, 0.5) is 0 Å². The van der Waals surface area contributed by atoms with Gasteiger partial charge in [-0.25, -0.2) is 9.48 Å². The number of cyclic esters (lactones) is 1. The van der Waals surface area contributed by atoms with E-state index in [1.54, 1.807) is 12.3 Å². The molecule has 1 aromatic heterocycles. The van der Waals surface area contributed by atoms with Crippen LogP contribution in [0.3, 0.4) is 0 Å². The Bertz CT molecular complexity index is 546. The molecule has 102 valence electrons. The van der Waals surface area contributed by atoms with Gasteiger partial charge in [0.15, 0.2) is 5.76 Å². The molecule has 2 rings (SSSR count). The van der Waals surface area contributed by atoms with Gasteiger partial charge in [-0.2, -0.15) is 0 Å². The van der Waals surface area contributed by atoms with Crippen LogP contribution in [0.2, 0.25) is 0 Å². The lowest BCUT2D eigenvalue weighted by molar-refractivity contribution is -0.136. The maximum absolute atomic E-state index is 11.5. The highest BCUT2D eigenvalue weighted by atomic mass is 16.6. The number of aliphatic hydroxyl groups excluding tert-OH is 1. The Kier molecular flexibility index (Phi) is 3.81. The van der Waals surface area contributed by atoms with E-state index in [1.165, 1.54) is 18.9 Å². The molecule has 0 amide bonds. The Morgan fingerprint density at radius 3 is 2.74 bits per heavy atom. The fraction of sp³-hybridized carbons (Fsp3) is 0.364. The van der Waals surface area contributed by atoms with Crippen LogP contribution in [0.15, 0.2) is 29.6 Å². The smallest absolute Gasteiger partial charge is 0.383 e. The van der Waals surface area contributed by atoms with E-state index >= 15 is 0 Å². The van der Waals surface area contributed by atoms with Crippen molar-refractivity contribution in [1.29, 1.82) is 0 Å². The van der Waals surface area contributed by atoms with Crippen molar-refractivity contribution in [3.63, 3.8) is 0 Å². The lowest BCUT2D eigenvalue weighted by Gasteiger charge is -2.02. The molecule has 0 fully saturated rings. The Morgan fingerprint density at radius 1 is 1.42 bits per heavy atom. The van der Waals surface area contributed by atoms with Gasteiger partial charge in [-0.15, -0.1) is 5.10 Å². The van der Waals surface area contributed by atoms with E-state index in [0.717, 1.165) is 0 Å². The number of aliphatic hydroxyl groups is 1. The van der Waals surface area contributed by atoms with Crippen molar-refractivity contribution in [2.24, 2.45) is 0 Å². The molecule has 8 heteroatoms. The summed E-state index contributed by atoms with van der Waals surface area (Å²) in [6.07, 6.45) is 3.19. The number of allylic oxidation sites excluding steroid dienone is 1. The van der Waals surface area contributed by atoms with Gasteiger partial charge in [0.2, 0.25) is 5.76 Å². The van der Waals surface area contributed by atoms with Gasteiger partial charge in [0.1, 0.15) is 5.69 Å². The summed E-state index contributed by atoms with van der Waals surface area (Å²) in [5, 5.41) is 16.4. The molecule has 0 saturated heterocycles. The minimum Gasteiger partial charge on any atom is -0.490 e. The summed E-state index contributed by atoms with van der Waals surface area (Å²) in [6, 6.07) is 0. The average Bonchev–Trinajstić information content (AvgIpc) is 2.99. The first kappa shape index (κ1) is 13.1. The van der Waals surface area contributed by atoms with E-state index in [4.69, 9.17) is 19.3 Å². The van der Waals surface area contributed by atoms with Crippen molar-refractivity contribution in [3.8, 4) is 0 Å². The number of hydrogen-bond donors (Lipinski definition) is 1. The second-order valence-corrected chi connectivity index (χ2v) is 3.61. The van der Waals surface area contributed by atoms with Crippen LogP contribution < -0.4 is 0 Å². The normalized spacial score (nSPS) is 17.0. The van der Waals surface area contributed by atoms with Crippen molar-refractivity contribution >= 4 is 5.97 Å². The van der Waals surface area contributed by atoms with Crippen molar-refractivity contribution in [3.05, 3.63) is 35.2 Å². The van der Waals surface area contributed by atoms with Gasteiger partial charge in [-0.05, 0) is 6.08 Å². The maximum Gasteiger partial charge on any atom is 0.383 e. The predicted octanol–water partition coefficient (Wildman–Crippen LogP) is -0.285. The van der Waals surface area contributed by atoms with E-state index in [9.17, 15) is 4.79 Å². The lowest BCUT2D eigenvalue weighted by Crippen LogP contribution is -2.01. The topological polar surface area (TPSA) is 95.7 Å². The van der Waals surface area contributed by atoms with Gasteiger partial charge in [0, 0.05) is 0 Å². The third-order valence-corrected chi connectivity index (χ3v) is 2.44. The molecular weight excluding hydrogens is 254 g/mol. The number of hydrogen-bond acceptors (Lipinski definition) is 7. The zero-order valence-corrected chi connectivity index (χ0v) is 10.5. The van der Waals surface area contributed by atoms with Crippen LogP contribution in [0.25, 0.3) is 0 Å². The van der Waals surface area contributed by atoms with Gasteiger partial charge in [0.05, 0.1) is 33.6 Å². The Balaban J connectivity index is 2.15. The molecule has 0 spiro atoms. The molecule has 8 nitrogen and oxygen atoms in total. The number of esters is 1. The second kappa shape index (κ2) is 5.53. The SMILES string of the molecule is COC1=C(OC)/C(=C/Cn2cc(CO)nn2)OC1=O. The quantitative estimate of drug-likeness (QED) is 0.732. The highest BCUT2D eigenvalue weighted by molar-refractivity contribution is 5.91. The monoisotopic (exact) mass is 267 g/mol. The number of nitrogens with zero attached hydrogens (tertiary/aromatic N) is 3. The predicted molar refractivity (Wildman–Crippen MR) is 61.2 cm³/mol. The standard InChI is InChI=1S/C11H13N3O5/c1-17-9-8(19-11(16)10(9)18-2)3-4-14-5-7(6-15)12-13-14/h3,5,15H,4,6H2,1-2H3/b8-3-. The molecule has 1 aliphatic rings. The number of carbonyl (C=O) groups is 1. The van der Waals surface area contributed by atoms with E-state index in [2.05, 4.69) is 10.3 Å². The van der Waals surface area contributed by atoms with Crippen molar-refractivity contribution in [1.82, 2.24) is 15.0 Å². The van der Waals surface area contributed by atoms with Crippen LogP contribution in [0.1, 0.15) is 5.69 Å². The Labute approximate surface area is 108 Å². The van der Waals surface area contributed by atoms with E-state index in [0.29, 0.717) is 12.2 Å². The fourth-order valence-corrected chi connectivity index (χ4v) is 1.58. The number of aromatic nitrogens is 3. The number of methoxy groups -OCH3 is 2. The molecule has 1 aliphatic heterocycles. The third kappa shape index (κ3) is 2.58. The molecule has 19 heavy (non-hydrogen) atoms. The largest absolute Gasteiger partial charge is 0.490 e. The van der Waals surface area contributed by atoms with Gasteiger partial charge >= 0.3 is 5.97 Å². The molecule has 1 aromatic rings. The number of carbonyl (C=O) groups excluding carboxylic acids is 1. The summed E-state index contributed by atoms with van der Waals surface area (Å²) >= 11 is 0. The molecule has 0 aromatic carbocycles. The van der Waals surface area contributed by atoms with Gasteiger partial charge < -0.3 is 19.3 Å². The van der Waals surface area contributed by atoms with E-state index in [1.807, 2.05) is 0 Å². The van der Waals surface area contributed by atoms with E-state index < -0.39 is 5.97 Å². The van der Waals surface area contributed by atoms with Crippen molar-refractivity contribution < 1.29 is 24.1 Å². The maximum atomic E-state index is 11.5. The van der Waals surface area contributed by atoms with E-state index in [-0.39, 0.29) is 23.9 Å². The fourth-order valence-electron chi connectivity index (χ4n) is 1.58. The third-order valence-electron chi connectivity index (χ3n) is 2.44. The second-order valence-electron chi connectivity index (χ2n) is 3.61. The molecule has 0 radical (unpaired) electrons. The van der Waals surface area contributed by atoms with Gasteiger partial charge in [-0.1, -0.05) is 5.21 Å². The first-order valence-corrected chi connectivity index (χ1v) is 5.44. The summed E-state index contributed by atoms with van der Waals surface area (Å²) in [4.78, 5) is 11.5. The summed E-state index contributed by atoms with van der Waals surface area (Å²) in [7, 11) is 2.78. The van der Waals surface area contributed by atoms with Crippen LogP contribution in [0, 0.1) is 0 Å². The Morgan fingerprint density at radius 2 is 2.16 bits per heavy atom. The average molecular weight is 267 g/mol. The molecule has 0 bridgehead atoms. The molecular formula is C11H13N3O5. The summed E-state index contributed by atoms with van der Waals surface area (Å²) in [5.41, 5.74) is 0.460. The molecule has 0 unspecified atom stereocenters. The summed E-state index contributed by atoms with van der Waals surface area (Å²) in [5.74, 6) is -0.0518. The Hall–Kier alpha value is -2.35. The number of rotatable bonds is 5. The first-order valence-electron chi connectivity index (χ1n) is 5.44. The zero-order valence-electron chi connectivity index (χ0n) is 10.5. The van der Waals surface area contributed by atoms with Gasteiger partial charge in [0.25, 0.3) is 5.76 Å². The summed E-state index contributed by atoms with van der Waals surface area (Å²) in [6.45, 7) is 0.141. The first-order chi connectivity index (χ1) is 9.19. The lowest BCUT2D eigenvalue weighted by atomic mass is 10.3. The minimum atomic E-state index is -0.597. The van der Waals surface area contributed by atoms with Crippen molar-refractivity contribution in [2.45, 2.75) is 13.2 Å². The molecule has 0 atom stereocenters. The molecule has 0 saturated carbocycles. The van der Waals surface area contributed by atoms with Crippen LogP contribution >= 0.6 is 0 Å². The van der Waals surface area contributed by atoms with Gasteiger partial charge in [-0.3, -0.25) is 0 Å². The van der Waals surface area contributed by atoms with Crippen LogP contribution in [-0.2, 0) is 32.2 Å². The number of ether oxygens (including phenoxy) is 3.